The lowest BCUT2D eigenvalue weighted by Gasteiger charge is -2.19. The van der Waals surface area contributed by atoms with Crippen LogP contribution in [0.2, 0.25) is 0 Å². The van der Waals surface area contributed by atoms with Gasteiger partial charge in [-0.3, -0.25) is 28.6 Å². The smallest absolute Gasteiger partial charge is 0.397 e. The van der Waals surface area contributed by atoms with E-state index in [-0.39, 0.29) is 6.61 Å². The van der Waals surface area contributed by atoms with Crippen molar-refractivity contribution >= 4 is 7.82 Å². The largest absolute Gasteiger partial charge is 0.472 e. The zero-order valence-corrected chi connectivity index (χ0v) is 21.4. The van der Waals surface area contributed by atoms with Crippen LogP contribution < -0.4 is 22.5 Å². The average molecular weight is 598 g/mol. The Morgan fingerprint density at radius 2 is 1.18 bits per heavy atom. The van der Waals surface area contributed by atoms with E-state index in [9.17, 15) is 49.1 Å². The molecule has 4 heterocycles. The summed E-state index contributed by atoms with van der Waals surface area (Å²) in [6.45, 7) is 0.285. The second kappa shape index (κ2) is 13.1. The van der Waals surface area contributed by atoms with Crippen LogP contribution >= 0.6 is 7.82 Å². The molecule has 0 aromatic carbocycles. The molecular weight excluding hydrogens is 571 g/mol. The van der Waals surface area contributed by atoms with Gasteiger partial charge in [0.25, 0.3) is 11.1 Å². The topological polar surface area (TPSA) is 311 Å². The fourth-order valence-corrected chi connectivity index (χ4v) is 4.34. The van der Waals surface area contributed by atoms with Crippen LogP contribution in [0.25, 0.3) is 0 Å². The van der Waals surface area contributed by atoms with E-state index >= 15 is 0 Å². The molecule has 8 N–H and O–H groups in total. The van der Waals surface area contributed by atoms with Crippen molar-refractivity contribution in [2.45, 2.75) is 56.0 Å². The Balaban J connectivity index is 0.00000141. The van der Waals surface area contributed by atoms with Crippen molar-refractivity contribution < 1.29 is 53.5 Å². The molecule has 0 spiro atoms. The molecule has 8 unspecified atom stereocenters. The van der Waals surface area contributed by atoms with Gasteiger partial charge in [0.2, 0.25) is 0 Å². The van der Waals surface area contributed by atoms with Crippen molar-refractivity contribution in [1.82, 2.24) is 29.5 Å². The number of H-pyrrole nitrogens is 2. The lowest BCUT2D eigenvalue weighted by Crippen LogP contribution is -2.39. The maximum atomic E-state index is 12.3. The van der Waals surface area contributed by atoms with Crippen LogP contribution in [0.1, 0.15) is 19.4 Å². The van der Waals surface area contributed by atoms with E-state index in [0.717, 1.165) is 12.4 Å². The number of hydrogen-bond donors (Lipinski definition) is 8. The second-order valence-electron chi connectivity index (χ2n) is 8.24. The Kier molecular flexibility index (Phi) is 10.4. The average Bonchev–Trinajstić information content (AvgIpc) is 3.32. The molecule has 4 rings (SSSR count). The number of aliphatic hydroxyl groups is 5. The Bertz CT molecular complexity index is 1320. The number of rotatable bonds is 8. The molecule has 0 radical (unpaired) electrons. The third kappa shape index (κ3) is 7.21. The monoisotopic (exact) mass is 598 g/mol. The molecule has 40 heavy (non-hydrogen) atoms. The fourth-order valence-electron chi connectivity index (χ4n) is 3.60. The molecule has 0 amide bonds. The molecule has 2 aromatic rings. The number of aromatic amines is 2. The van der Waals surface area contributed by atoms with Gasteiger partial charge in [-0.15, -0.1) is 0 Å². The highest BCUT2D eigenvalue weighted by Gasteiger charge is 2.47. The van der Waals surface area contributed by atoms with Gasteiger partial charge in [-0.25, -0.2) is 14.2 Å². The van der Waals surface area contributed by atoms with E-state index in [4.69, 9.17) is 23.6 Å². The normalized spacial score (nSPS) is 31.4. The molecule has 2 aromatic heterocycles. The van der Waals surface area contributed by atoms with Crippen molar-refractivity contribution in [3.8, 4) is 0 Å². The summed E-state index contributed by atoms with van der Waals surface area (Å²) >= 11 is 0. The molecule has 22 heteroatoms. The molecule has 0 saturated carbocycles. The Labute approximate surface area is 221 Å². The summed E-state index contributed by atoms with van der Waals surface area (Å²) in [5.41, 5.74) is -3.72. The van der Waals surface area contributed by atoms with E-state index in [0.29, 0.717) is 9.36 Å². The van der Waals surface area contributed by atoms with Gasteiger partial charge < -0.3 is 39.9 Å². The summed E-state index contributed by atoms with van der Waals surface area (Å²) in [6, 6.07) is 0. The number of hydrogen-bond acceptors (Lipinski definition) is 16. The van der Waals surface area contributed by atoms with Gasteiger partial charge in [0.15, 0.2) is 12.5 Å². The standard InChI is InChI=1S/C16H21N6O14P.C2H6O/c23-7-1-17-21(15(29)19-7)13-11(27)9(25)5(35-13)3-33-37(31,32)34-4-6-10(26)12(28)14(36-6)22-16(30)20-8(24)2-18-22;1-2-3/h1-2,5-6,9-14,25-28H,3-4H2,(H,31,32)(H,19,23,29)(H,20,24,30);3H,2H2,1H3. The molecule has 2 saturated heterocycles. The van der Waals surface area contributed by atoms with Crippen LogP contribution in [-0.4, -0.2) is 116 Å². The van der Waals surface area contributed by atoms with E-state index in [1.165, 1.54) is 0 Å². The van der Waals surface area contributed by atoms with Gasteiger partial charge in [-0.05, 0) is 6.92 Å². The Hall–Kier alpha value is -2.95. The van der Waals surface area contributed by atoms with Crippen LogP contribution in [0.15, 0.2) is 31.6 Å². The Morgan fingerprint density at radius 1 is 0.825 bits per heavy atom. The first kappa shape index (κ1) is 31.6. The van der Waals surface area contributed by atoms with Gasteiger partial charge in [-0.1, -0.05) is 0 Å². The minimum Gasteiger partial charge on any atom is -0.397 e. The molecule has 224 valence electrons. The van der Waals surface area contributed by atoms with Crippen LogP contribution in [0, 0.1) is 0 Å². The first-order valence-electron chi connectivity index (χ1n) is 11.4. The van der Waals surface area contributed by atoms with Crippen LogP contribution in [0.3, 0.4) is 0 Å². The number of phosphoric ester groups is 1. The number of aliphatic hydroxyl groups excluding tert-OH is 5. The van der Waals surface area contributed by atoms with Crippen molar-refractivity contribution in [2.24, 2.45) is 0 Å². The van der Waals surface area contributed by atoms with Crippen molar-refractivity contribution in [2.75, 3.05) is 19.8 Å². The number of nitrogens with one attached hydrogen (secondary N) is 2. The number of ether oxygens (including phenoxy) is 2. The third-order valence-electron chi connectivity index (χ3n) is 5.44. The highest BCUT2D eigenvalue weighted by Crippen LogP contribution is 2.45. The number of phosphoric acid groups is 1. The lowest BCUT2D eigenvalue weighted by atomic mass is 10.1. The van der Waals surface area contributed by atoms with Gasteiger partial charge in [0.05, 0.1) is 13.2 Å². The summed E-state index contributed by atoms with van der Waals surface area (Å²) in [4.78, 5) is 59.7. The van der Waals surface area contributed by atoms with Gasteiger partial charge >= 0.3 is 19.2 Å². The second-order valence-corrected chi connectivity index (χ2v) is 9.69. The molecule has 0 aliphatic carbocycles. The first-order chi connectivity index (χ1) is 18.8. The zero-order chi connectivity index (χ0) is 29.8. The molecule has 2 aliphatic heterocycles. The zero-order valence-electron chi connectivity index (χ0n) is 20.5. The predicted octanol–water partition coefficient (Wildman–Crippen LogP) is -5.75. The fraction of sp³-hybridized carbons (Fsp3) is 0.667. The highest BCUT2D eigenvalue weighted by molar-refractivity contribution is 7.47. The number of aromatic nitrogens is 6. The minimum atomic E-state index is -4.91. The molecule has 2 fully saturated rings. The molecule has 8 atom stereocenters. The summed E-state index contributed by atoms with van der Waals surface area (Å²) in [7, 11) is -4.91. The maximum Gasteiger partial charge on any atom is 0.472 e. The first-order valence-corrected chi connectivity index (χ1v) is 12.9. The maximum absolute atomic E-state index is 12.3. The van der Waals surface area contributed by atoms with Crippen LogP contribution in [0.4, 0.5) is 0 Å². The minimum absolute atomic E-state index is 0.250. The lowest BCUT2D eigenvalue weighted by molar-refractivity contribution is -0.0698. The van der Waals surface area contributed by atoms with Crippen molar-refractivity contribution in [1.29, 1.82) is 0 Å². The van der Waals surface area contributed by atoms with Crippen molar-refractivity contribution in [3.63, 3.8) is 0 Å². The van der Waals surface area contributed by atoms with Crippen LogP contribution in [0.5, 0.6) is 0 Å². The van der Waals surface area contributed by atoms with Gasteiger partial charge in [0, 0.05) is 6.61 Å². The van der Waals surface area contributed by atoms with E-state index in [1.54, 1.807) is 6.92 Å². The van der Waals surface area contributed by atoms with E-state index < -0.39 is 92.6 Å². The third-order valence-corrected chi connectivity index (χ3v) is 6.39. The highest BCUT2D eigenvalue weighted by atomic mass is 31.2. The van der Waals surface area contributed by atoms with E-state index in [2.05, 4.69) is 10.2 Å². The van der Waals surface area contributed by atoms with Crippen LogP contribution in [-0.2, 0) is 23.1 Å². The summed E-state index contributed by atoms with van der Waals surface area (Å²) in [6.07, 6.45) is -11.4. The SMILES string of the molecule is CCO.O=c1cnn(C2OC(COP(=O)(O)OCC3OC(n4ncc(=O)[nH]c4=O)C(O)C3O)C(O)C2O)c(=O)[nH]1. The van der Waals surface area contributed by atoms with Gasteiger partial charge in [-0.2, -0.15) is 19.6 Å². The van der Waals surface area contributed by atoms with E-state index in [1.807, 2.05) is 9.97 Å². The number of nitrogens with zero attached hydrogens (tertiary/aromatic N) is 4. The quantitative estimate of drug-likeness (QED) is 0.131. The molecule has 0 bridgehead atoms. The molecule has 2 aliphatic rings. The van der Waals surface area contributed by atoms with Gasteiger partial charge in [0.1, 0.15) is 49.0 Å². The summed E-state index contributed by atoms with van der Waals surface area (Å²) in [5, 5.41) is 55.2. The summed E-state index contributed by atoms with van der Waals surface area (Å²) < 4.78 is 33.5. The van der Waals surface area contributed by atoms with Crippen molar-refractivity contribution in [3.05, 3.63) is 54.1 Å². The molecule has 21 nitrogen and oxygen atoms in total. The molecular formula is C18H27N6O15P. The predicted molar refractivity (Wildman–Crippen MR) is 125 cm³/mol. The Morgan fingerprint density at radius 3 is 1.50 bits per heavy atom. The summed E-state index contributed by atoms with van der Waals surface area (Å²) in [5.74, 6) is 0.